The van der Waals surface area contributed by atoms with Crippen molar-refractivity contribution in [2.75, 3.05) is 33.4 Å². The van der Waals surface area contributed by atoms with Crippen LogP contribution in [0.4, 0.5) is 0 Å². The third-order valence-corrected chi connectivity index (χ3v) is 1.96. The van der Waals surface area contributed by atoms with Crippen LogP contribution in [0.3, 0.4) is 0 Å². The molecule has 1 unspecified atom stereocenters. The molecule has 0 fully saturated rings. The van der Waals surface area contributed by atoms with E-state index in [1.165, 1.54) is 0 Å². The van der Waals surface area contributed by atoms with E-state index in [1.54, 1.807) is 7.11 Å². The second-order valence-corrected chi connectivity index (χ2v) is 3.34. The number of hydrogen-bond acceptors (Lipinski definition) is 3. The van der Waals surface area contributed by atoms with Crippen molar-refractivity contribution in [3.8, 4) is 0 Å². The van der Waals surface area contributed by atoms with Crippen LogP contribution in [-0.2, 0) is 4.74 Å². The van der Waals surface area contributed by atoms with E-state index in [0.29, 0.717) is 0 Å². The normalized spacial score (nSPS) is 12.8. The van der Waals surface area contributed by atoms with Crippen LogP contribution in [0.5, 0.6) is 0 Å². The standard InChI is InChI=1S/C11H22N2O/c1-4-7-13(8-5-2)10-11(12)6-9-14-3/h4-5,11H,1-2,6-10,12H2,3H3. The average Bonchev–Trinajstić information content (AvgIpc) is 2.15. The summed E-state index contributed by atoms with van der Waals surface area (Å²) < 4.78 is 4.98. The zero-order chi connectivity index (χ0) is 10.8. The molecule has 3 nitrogen and oxygen atoms in total. The molecule has 0 saturated carbocycles. The summed E-state index contributed by atoms with van der Waals surface area (Å²) in [6, 6.07) is 0.162. The summed E-state index contributed by atoms with van der Waals surface area (Å²) in [5, 5.41) is 0. The van der Waals surface area contributed by atoms with Gasteiger partial charge in [0.25, 0.3) is 0 Å². The molecule has 0 aliphatic rings. The minimum atomic E-state index is 0.162. The average molecular weight is 198 g/mol. The molecule has 0 aliphatic carbocycles. The zero-order valence-corrected chi connectivity index (χ0v) is 9.11. The van der Waals surface area contributed by atoms with Gasteiger partial charge in [0.1, 0.15) is 0 Å². The minimum absolute atomic E-state index is 0.162. The van der Waals surface area contributed by atoms with Gasteiger partial charge in [0.15, 0.2) is 0 Å². The van der Waals surface area contributed by atoms with Gasteiger partial charge in [0, 0.05) is 39.4 Å². The number of hydrogen-bond donors (Lipinski definition) is 1. The SMILES string of the molecule is C=CCN(CC=C)CC(N)CCOC. The van der Waals surface area contributed by atoms with Crippen molar-refractivity contribution in [3.05, 3.63) is 25.3 Å². The van der Waals surface area contributed by atoms with E-state index < -0.39 is 0 Å². The van der Waals surface area contributed by atoms with E-state index in [-0.39, 0.29) is 6.04 Å². The molecule has 0 amide bonds. The van der Waals surface area contributed by atoms with Crippen LogP contribution in [0.2, 0.25) is 0 Å². The molecule has 0 spiro atoms. The van der Waals surface area contributed by atoms with Crippen LogP contribution in [-0.4, -0.2) is 44.3 Å². The van der Waals surface area contributed by atoms with Crippen molar-refractivity contribution >= 4 is 0 Å². The van der Waals surface area contributed by atoms with Crippen LogP contribution in [0.15, 0.2) is 25.3 Å². The predicted octanol–water partition coefficient (Wildman–Crippen LogP) is 1.02. The van der Waals surface area contributed by atoms with Gasteiger partial charge in [-0.2, -0.15) is 0 Å². The fraction of sp³-hybridized carbons (Fsp3) is 0.636. The monoisotopic (exact) mass is 198 g/mol. The highest BCUT2D eigenvalue weighted by Gasteiger charge is 2.07. The molecule has 0 heterocycles. The zero-order valence-electron chi connectivity index (χ0n) is 9.11. The summed E-state index contributed by atoms with van der Waals surface area (Å²) in [5.74, 6) is 0. The molecule has 0 aromatic rings. The van der Waals surface area contributed by atoms with Crippen molar-refractivity contribution in [1.82, 2.24) is 4.90 Å². The lowest BCUT2D eigenvalue weighted by atomic mass is 10.2. The summed E-state index contributed by atoms with van der Waals surface area (Å²) in [6.07, 6.45) is 4.65. The molecule has 1 atom stereocenters. The molecule has 0 saturated heterocycles. The molecule has 0 aliphatic heterocycles. The molecule has 0 bridgehead atoms. The second kappa shape index (κ2) is 8.94. The van der Waals surface area contributed by atoms with Crippen molar-refractivity contribution in [2.24, 2.45) is 5.73 Å². The Labute approximate surface area is 87.2 Å². The van der Waals surface area contributed by atoms with E-state index in [9.17, 15) is 0 Å². The molecular weight excluding hydrogens is 176 g/mol. The fourth-order valence-electron chi connectivity index (χ4n) is 1.28. The van der Waals surface area contributed by atoms with Gasteiger partial charge >= 0.3 is 0 Å². The molecule has 82 valence electrons. The van der Waals surface area contributed by atoms with Crippen LogP contribution < -0.4 is 5.73 Å². The molecular formula is C11H22N2O. The maximum absolute atomic E-state index is 5.93. The lowest BCUT2D eigenvalue weighted by Gasteiger charge is -2.22. The van der Waals surface area contributed by atoms with Gasteiger partial charge in [-0.1, -0.05) is 12.2 Å². The Morgan fingerprint density at radius 3 is 2.36 bits per heavy atom. The van der Waals surface area contributed by atoms with Gasteiger partial charge in [-0.3, -0.25) is 4.90 Å². The first-order chi connectivity index (χ1) is 6.74. The van der Waals surface area contributed by atoms with Crippen molar-refractivity contribution in [2.45, 2.75) is 12.5 Å². The predicted molar refractivity (Wildman–Crippen MR) is 61.3 cm³/mol. The van der Waals surface area contributed by atoms with Crippen LogP contribution in [0.25, 0.3) is 0 Å². The minimum Gasteiger partial charge on any atom is -0.385 e. The Hall–Kier alpha value is -0.640. The van der Waals surface area contributed by atoms with Crippen LogP contribution in [0.1, 0.15) is 6.42 Å². The highest BCUT2D eigenvalue weighted by molar-refractivity contribution is 4.82. The maximum Gasteiger partial charge on any atom is 0.0477 e. The highest BCUT2D eigenvalue weighted by Crippen LogP contribution is 1.95. The summed E-state index contributed by atoms with van der Waals surface area (Å²) >= 11 is 0. The molecule has 3 heteroatoms. The highest BCUT2D eigenvalue weighted by atomic mass is 16.5. The van der Waals surface area contributed by atoms with Crippen LogP contribution in [0, 0.1) is 0 Å². The van der Waals surface area contributed by atoms with Gasteiger partial charge in [0.2, 0.25) is 0 Å². The Balaban J connectivity index is 3.75. The van der Waals surface area contributed by atoms with E-state index >= 15 is 0 Å². The molecule has 0 radical (unpaired) electrons. The third kappa shape index (κ3) is 6.83. The summed E-state index contributed by atoms with van der Waals surface area (Å²) in [7, 11) is 1.69. The topological polar surface area (TPSA) is 38.5 Å². The lowest BCUT2D eigenvalue weighted by Crippen LogP contribution is -2.38. The molecule has 0 aromatic heterocycles. The lowest BCUT2D eigenvalue weighted by molar-refractivity contribution is 0.179. The van der Waals surface area contributed by atoms with Crippen molar-refractivity contribution in [1.29, 1.82) is 0 Å². The maximum atomic E-state index is 5.93. The van der Waals surface area contributed by atoms with E-state index in [0.717, 1.165) is 32.7 Å². The van der Waals surface area contributed by atoms with Gasteiger partial charge in [-0.15, -0.1) is 13.2 Å². The summed E-state index contributed by atoms with van der Waals surface area (Å²) in [6.45, 7) is 10.7. The van der Waals surface area contributed by atoms with E-state index in [2.05, 4.69) is 18.1 Å². The molecule has 0 aromatic carbocycles. The van der Waals surface area contributed by atoms with Gasteiger partial charge in [-0.25, -0.2) is 0 Å². The molecule has 0 rings (SSSR count). The van der Waals surface area contributed by atoms with E-state index in [4.69, 9.17) is 10.5 Å². The first-order valence-corrected chi connectivity index (χ1v) is 4.93. The summed E-state index contributed by atoms with van der Waals surface area (Å²) in [4.78, 5) is 2.21. The quantitative estimate of drug-likeness (QED) is 0.562. The summed E-state index contributed by atoms with van der Waals surface area (Å²) in [5.41, 5.74) is 5.93. The Morgan fingerprint density at radius 1 is 1.36 bits per heavy atom. The number of nitrogens with two attached hydrogens (primary N) is 1. The Kier molecular flexibility index (Phi) is 8.53. The number of methoxy groups -OCH3 is 1. The van der Waals surface area contributed by atoms with E-state index in [1.807, 2.05) is 12.2 Å². The van der Waals surface area contributed by atoms with Crippen LogP contribution >= 0.6 is 0 Å². The first kappa shape index (κ1) is 13.4. The Bertz CT molecular complexity index is 149. The molecule has 14 heavy (non-hydrogen) atoms. The number of rotatable bonds is 9. The second-order valence-electron chi connectivity index (χ2n) is 3.34. The van der Waals surface area contributed by atoms with Gasteiger partial charge in [-0.05, 0) is 6.42 Å². The smallest absolute Gasteiger partial charge is 0.0477 e. The molecule has 2 N–H and O–H groups in total. The van der Waals surface area contributed by atoms with Gasteiger partial charge in [0.05, 0.1) is 0 Å². The van der Waals surface area contributed by atoms with Gasteiger partial charge < -0.3 is 10.5 Å². The van der Waals surface area contributed by atoms with Crippen molar-refractivity contribution < 1.29 is 4.74 Å². The number of ether oxygens (including phenoxy) is 1. The third-order valence-electron chi connectivity index (χ3n) is 1.96. The Morgan fingerprint density at radius 2 is 1.93 bits per heavy atom. The first-order valence-electron chi connectivity index (χ1n) is 4.93. The number of nitrogens with zero attached hydrogens (tertiary/aromatic N) is 1. The largest absolute Gasteiger partial charge is 0.385 e. The fourth-order valence-corrected chi connectivity index (χ4v) is 1.28. The van der Waals surface area contributed by atoms with Crippen molar-refractivity contribution in [3.63, 3.8) is 0 Å².